The summed E-state index contributed by atoms with van der Waals surface area (Å²) in [5.74, 6) is 0.566. The predicted octanol–water partition coefficient (Wildman–Crippen LogP) is 5.55. The van der Waals surface area contributed by atoms with Crippen molar-refractivity contribution in [2.45, 2.75) is 77.6 Å². The highest BCUT2D eigenvalue weighted by Gasteiger charge is 2.34. The van der Waals surface area contributed by atoms with Crippen molar-refractivity contribution in [2.75, 3.05) is 6.61 Å². The number of carbonyl (C=O) groups is 2. The minimum absolute atomic E-state index is 0.0199. The van der Waals surface area contributed by atoms with E-state index in [4.69, 9.17) is 4.74 Å². The van der Waals surface area contributed by atoms with E-state index in [1.54, 1.807) is 6.92 Å². The predicted molar refractivity (Wildman–Crippen MR) is 144 cm³/mol. The normalized spacial score (nSPS) is 21.3. The fourth-order valence-electron chi connectivity index (χ4n) is 5.42. The van der Waals surface area contributed by atoms with Gasteiger partial charge in [0.25, 0.3) is 5.91 Å². The van der Waals surface area contributed by atoms with Gasteiger partial charge in [-0.05, 0) is 69.1 Å². The largest absolute Gasteiger partial charge is 0.493 e. The number of hydrogen-bond donors (Lipinski definition) is 3. The fourth-order valence-corrected chi connectivity index (χ4v) is 5.42. The third-order valence-corrected chi connectivity index (χ3v) is 7.90. The lowest BCUT2D eigenvalue weighted by atomic mass is 9.82. The van der Waals surface area contributed by atoms with Crippen LogP contribution in [0.2, 0.25) is 0 Å². The third kappa shape index (κ3) is 5.93. The highest BCUT2D eigenvalue weighted by Crippen LogP contribution is 2.40. The van der Waals surface area contributed by atoms with Crippen LogP contribution in [0, 0.1) is 18.8 Å². The first-order chi connectivity index (χ1) is 19.0. The molecule has 0 spiro atoms. The maximum absolute atomic E-state index is 13.6. The first-order valence-corrected chi connectivity index (χ1v) is 13.8. The Kier molecular flexibility index (Phi) is 7.74. The molecule has 5 rings (SSSR count). The van der Waals surface area contributed by atoms with Crippen molar-refractivity contribution < 1.29 is 27.5 Å². The van der Waals surface area contributed by atoms with Gasteiger partial charge in [0.15, 0.2) is 0 Å². The number of aromatic amines is 1. The number of ether oxygens (including phenoxy) is 1. The summed E-state index contributed by atoms with van der Waals surface area (Å²) in [5, 5.41) is 6.16. The fraction of sp³-hybridized carbons (Fsp3) is 0.517. The van der Waals surface area contributed by atoms with E-state index in [2.05, 4.69) is 25.6 Å². The lowest BCUT2D eigenvalue weighted by Gasteiger charge is -2.35. The van der Waals surface area contributed by atoms with Gasteiger partial charge >= 0.3 is 6.18 Å². The molecule has 3 aromatic rings. The Bertz CT molecular complexity index is 1420. The van der Waals surface area contributed by atoms with Gasteiger partial charge < -0.3 is 20.4 Å². The number of nitrogens with zero attached hydrogens (tertiary/aromatic N) is 2. The number of benzene rings is 1. The molecule has 0 radical (unpaired) electrons. The molecule has 1 aromatic carbocycles. The minimum Gasteiger partial charge on any atom is -0.493 e. The van der Waals surface area contributed by atoms with Crippen molar-refractivity contribution in [3.8, 4) is 17.0 Å². The molecule has 0 saturated heterocycles. The van der Waals surface area contributed by atoms with E-state index >= 15 is 0 Å². The van der Waals surface area contributed by atoms with Crippen LogP contribution in [0.3, 0.4) is 0 Å². The van der Waals surface area contributed by atoms with Crippen LogP contribution >= 0.6 is 0 Å². The maximum atomic E-state index is 13.6. The second-order valence-electron chi connectivity index (χ2n) is 11.0. The van der Waals surface area contributed by atoms with Gasteiger partial charge in [-0.3, -0.25) is 9.59 Å². The smallest absolute Gasteiger partial charge is 0.416 e. The maximum Gasteiger partial charge on any atom is 0.416 e. The molecule has 2 aliphatic carbocycles. The molecule has 0 unspecified atom stereocenters. The van der Waals surface area contributed by atoms with Gasteiger partial charge in [0, 0.05) is 29.8 Å². The van der Waals surface area contributed by atoms with Gasteiger partial charge in [-0.2, -0.15) is 13.2 Å². The number of amides is 2. The van der Waals surface area contributed by atoms with Gasteiger partial charge in [-0.15, -0.1) is 0 Å². The molecule has 3 atom stereocenters. The van der Waals surface area contributed by atoms with Crippen LogP contribution in [0.25, 0.3) is 22.3 Å². The number of carbonyl (C=O) groups excluding carboxylic acids is 2. The summed E-state index contributed by atoms with van der Waals surface area (Å²) in [5.41, 5.74) is 1.20. The van der Waals surface area contributed by atoms with E-state index < -0.39 is 11.7 Å². The zero-order valence-electron chi connectivity index (χ0n) is 22.8. The second-order valence-corrected chi connectivity index (χ2v) is 11.0. The number of hydrogen-bond acceptors (Lipinski definition) is 5. The third-order valence-electron chi connectivity index (χ3n) is 7.90. The topological polar surface area (TPSA) is 109 Å². The van der Waals surface area contributed by atoms with Crippen LogP contribution in [0.4, 0.5) is 13.2 Å². The summed E-state index contributed by atoms with van der Waals surface area (Å²) in [6, 6.07) is 3.38. The average Bonchev–Trinajstić information content (AvgIpc) is 3.67. The highest BCUT2D eigenvalue weighted by molar-refractivity contribution is 6.09. The lowest BCUT2D eigenvalue weighted by molar-refractivity contribution is -0.137. The van der Waals surface area contributed by atoms with Gasteiger partial charge in [0.05, 0.1) is 23.3 Å². The van der Waals surface area contributed by atoms with Gasteiger partial charge in [0.1, 0.15) is 23.3 Å². The quantitative estimate of drug-likeness (QED) is 0.336. The SMILES string of the molecule is CCC(=O)N[C@@H]1CC[C@@H](NC(=O)c2c(C)[nH]c3c(-c4cc(C(F)(F)F)ccc4OCC4CC4)ncnc23)[C@H](C)C1. The highest BCUT2D eigenvalue weighted by atomic mass is 19.4. The lowest BCUT2D eigenvalue weighted by Crippen LogP contribution is -2.48. The number of aromatic nitrogens is 3. The van der Waals surface area contributed by atoms with Crippen molar-refractivity contribution in [2.24, 2.45) is 11.8 Å². The van der Waals surface area contributed by atoms with E-state index in [9.17, 15) is 22.8 Å². The molecular weight excluding hydrogens is 523 g/mol. The number of aryl methyl sites for hydroxylation is 1. The summed E-state index contributed by atoms with van der Waals surface area (Å²) in [6.07, 6.45) is 1.47. The summed E-state index contributed by atoms with van der Waals surface area (Å²) in [4.78, 5) is 37.1. The van der Waals surface area contributed by atoms with E-state index in [0.29, 0.717) is 47.0 Å². The Morgan fingerprint density at radius 1 is 1.12 bits per heavy atom. The molecule has 214 valence electrons. The zero-order valence-corrected chi connectivity index (χ0v) is 22.8. The van der Waals surface area contributed by atoms with Crippen molar-refractivity contribution in [3.05, 3.63) is 41.3 Å². The standard InChI is InChI=1S/C29H34F3N5O3/c1-4-23(38)36-19-8-9-21(15(2)11-19)37-28(39)24-16(3)35-27-25(33-14-34-26(24)27)20-12-18(29(30,31)32)7-10-22(20)40-13-17-5-6-17/h7,10,12,14-15,17,19,21,35H,4-6,8-9,11,13H2,1-3H3,(H,36,38)(H,37,39)/t15-,19-,21-/m1/s1. The second kappa shape index (κ2) is 11.1. The van der Waals surface area contributed by atoms with Crippen molar-refractivity contribution in [1.29, 1.82) is 0 Å². The number of halogens is 3. The number of fused-ring (bicyclic) bond motifs is 1. The monoisotopic (exact) mass is 557 g/mol. The van der Waals surface area contributed by atoms with Crippen LogP contribution < -0.4 is 15.4 Å². The molecule has 0 bridgehead atoms. The van der Waals surface area contributed by atoms with Crippen molar-refractivity contribution >= 4 is 22.8 Å². The molecule has 2 aromatic heterocycles. The Morgan fingerprint density at radius 3 is 2.58 bits per heavy atom. The van der Waals surface area contributed by atoms with E-state index in [0.717, 1.165) is 44.2 Å². The summed E-state index contributed by atoms with van der Waals surface area (Å²) in [7, 11) is 0. The van der Waals surface area contributed by atoms with Crippen LogP contribution in [0.15, 0.2) is 24.5 Å². The number of nitrogens with one attached hydrogen (secondary N) is 3. The molecule has 0 aliphatic heterocycles. The first kappa shape index (κ1) is 27.9. The molecule has 2 heterocycles. The van der Waals surface area contributed by atoms with E-state index in [1.807, 2.05) is 13.8 Å². The van der Waals surface area contributed by atoms with Gasteiger partial charge in [-0.1, -0.05) is 13.8 Å². The summed E-state index contributed by atoms with van der Waals surface area (Å²) < 4.78 is 46.8. The molecule has 3 N–H and O–H groups in total. The molecule has 8 nitrogen and oxygen atoms in total. The molecule has 2 fully saturated rings. The first-order valence-electron chi connectivity index (χ1n) is 13.8. The van der Waals surface area contributed by atoms with E-state index in [-0.39, 0.29) is 41.1 Å². The Hall–Kier alpha value is -3.63. The zero-order chi connectivity index (χ0) is 28.6. The number of alkyl halides is 3. The summed E-state index contributed by atoms with van der Waals surface area (Å²) >= 11 is 0. The molecule has 2 aliphatic rings. The van der Waals surface area contributed by atoms with E-state index in [1.165, 1.54) is 12.4 Å². The van der Waals surface area contributed by atoms with Gasteiger partial charge in [-0.25, -0.2) is 9.97 Å². The van der Waals surface area contributed by atoms with Crippen LogP contribution in [-0.4, -0.2) is 45.5 Å². The molecule has 11 heteroatoms. The number of rotatable bonds is 8. The van der Waals surface area contributed by atoms with Gasteiger partial charge in [0.2, 0.25) is 5.91 Å². The van der Waals surface area contributed by atoms with Crippen molar-refractivity contribution in [3.63, 3.8) is 0 Å². The minimum atomic E-state index is -4.54. The average molecular weight is 558 g/mol. The molecule has 2 saturated carbocycles. The molecular formula is C29H34F3N5O3. The van der Waals surface area contributed by atoms with Crippen molar-refractivity contribution in [1.82, 2.24) is 25.6 Å². The Morgan fingerprint density at radius 2 is 1.90 bits per heavy atom. The molecule has 2 amide bonds. The van der Waals surface area contributed by atoms with Crippen LogP contribution in [0.5, 0.6) is 5.75 Å². The molecule has 40 heavy (non-hydrogen) atoms. The summed E-state index contributed by atoms with van der Waals surface area (Å²) in [6.45, 7) is 6.02. The van der Waals surface area contributed by atoms with Crippen LogP contribution in [-0.2, 0) is 11.0 Å². The Labute approximate surface area is 230 Å². The van der Waals surface area contributed by atoms with Crippen LogP contribution in [0.1, 0.15) is 74.0 Å². The Balaban J connectivity index is 1.43. The number of H-pyrrole nitrogens is 1.